The third-order valence-electron chi connectivity index (χ3n) is 2.75. The molecular formula is C13H20N4O4. The van der Waals surface area contributed by atoms with E-state index in [0.29, 0.717) is 30.1 Å². The van der Waals surface area contributed by atoms with Gasteiger partial charge in [0.1, 0.15) is 11.4 Å². The summed E-state index contributed by atoms with van der Waals surface area (Å²) in [4.78, 5) is 21.5. The molecule has 0 spiro atoms. The number of anilines is 2. The lowest BCUT2D eigenvalue weighted by Gasteiger charge is -2.14. The minimum Gasteiger partial charge on any atom is -0.494 e. The Morgan fingerprint density at radius 1 is 1.24 bits per heavy atom. The SMILES string of the molecule is COc1cc(C(N)=O)cc(N)c1NCCCCOC(N)=O. The quantitative estimate of drug-likeness (QED) is 0.410. The summed E-state index contributed by atoms with van der Waals surface area (Å²) in [5.41, 5.74) is 17.2. The molecule has 0 fully saturated rings. The van der Waals surface area contributed by atoms with Crippen LogP contribution in [0.3, 0.4) is 0 Å². The summed E-state index contributed by atoms with van der Waals surface area (Å²) in [5.74, 6) is -0.132. The van der Waals surface area contributed by atoms with Gasteiger partial charge in [0.05, 0.1) is 19.4 Å². The van der Waals surface area contributed by atoms with Gasteiger partial charge in [-0.05, 0) is 25.0 Å². The van der Waals surface area contributed by atoms with Gasteiger partial charge in [0.25, 0.3) is 0 Å². The molecule has 1 aromatic rings. The first-order valence-corrected chi connectivity index (χ1v) is 6.39. The zero-order chi connectivity index (χ0) is 15.8. The molecule has 0 unspecified atom stereocenters. The van der Waals surface area contributed by atoms with Gasteiger partial charge in [-0.2, -0.15) is 0 Å². The van der Waals surface area contributed by atoms with E-state index in [1.165, 1.54) is 19.2 Å². The molecule has 0 saturated heterocycles. The number of nitrogens with one attached hydrogen (secondary N) is 1. The molecule has 0 aliphatic carbocycles. The molecule has 8 heteroatoms. The predicted octanol–water partition coefficient (Wildman–Crippen LogP) is 0.664. The minimum atomic E-state index is -0.782. The monoisotopic (exact) mass is 296 g/mol. The summed E-state index contributed by atoms with van der Waals surface area (Å²) in [6, 6.07) is 3.01. The Bertz CT molecular complexity index is 519. The number of ether oxygens (including phenoxy) is 2. The molecule has 116 valence electrons. The Labute approximate surface area is 122 Å². The molecule has 0 atom stereocenters. The molecule has 1 rings (SSSR count). The van der Waals surface area contributed by atoms with E-state index in [0.717, 1.165) is 6.42 Å². The maximum atomic E-state index is 11.2. The molecule has 0 aliphatic heterocycles. The van der Waals surface area contributed by atoms with Gasteiger partial charge >= 0.3 is 6.09 Å². The second-order valence-electron chi connectivity index (χ2n) is 4.31. The van der Waals surface area contributed by atoms with Crippen molar-refractivity contribution in [3.63, 3.8) is 0 Å². The zero-order valence-corrected chi connectivity index (χ0v) is 11.8. The molecule has 0 radical (unpaired) electrons. The van der Waals surface area contributed by atoms with Gasteiger partial charge in [-0.3, -0.25) is 4.79 Å². The maximum Gasteiger partial charge on any atom is 0.404 e. The third kappa shape index (κ3) is 5.09. The third-order valence-corrected chi connectivity index (χ3v) is 2.75. The molecule has 8 nitrogen and oxygen atoms in total. The zero-order valence-electron chi connectivity index (χ0n) is 11.8. The highest BCUT2D eigenvalue weighted by molar-refractivity contribution is 5.96. The second-order valence-corrected chi connectivity index (χ2v) is 4.31. The second kappa shape index (κ2) is 7.83. The van der Waals surface area contributed by atoms with Crippen molar-refractivity contribution < 1.29 is 19.1 Å². The van der Waals surface area contributed by atoms with Gasteiger partial charge in [0, 0.05) is 12.1 Å². The molecule has 0 bridgehead atoms. The fourth-order valence-electron chi connectivity index (χ4n) is 1.74. The van der Waals surface area contributed by atoms with Gasteiger partial charge < -0.3 is 32.0 Å². The van der Waals surface area contributed by atoms with Gasteiger partial charge in [-0.15, -0.1) is 0 Å². The van der Waals surface area contributed by atoms with Crippen molar-refractivity contribution in [3.8, 4) is 5.75 Å². The van der Waals surface area contributed by atoms with Crippen LogP contribution in [0, 0.1) is 0 Å². The van der Waals surface area contributed by atoms with Crippen molar-refractivity contribution in [2.45, 2.75) is 12.8 Å². The predicted molar refractivity (Wildman–Crippen MR) is 79.2 cm³/mol. The van der Waals surface area contributed by atoms with Crippen molar-refractivity contribution in [2.24, 2.45) is 11.5 Å². The summed E-state index contributed by atoms with van der Waals surface area (Å²) >= 11 is 0. The van der Waals surface area contributed by atoms with Crippen molar-refractivity contribution in [1.29, 1.82) is 0 Å². The normalized spacial score (nSPS) is 9.95. The number of hydrogen-bond acceptors (Lipinski definition) is 6. The van der Waals surface area contributed by atoms with Crippen LogP contribution < -0.4 is 27.3 Å². The first-order valence-electron chi connectivity index (χ1n) is 6.39. The number of carbonyl (C=O) groups is 2. The number of amides is 2. The highest BCUT2D eigenvalue weighted by Gasteiger charge is 2.12. The summed E-state index contributed by atoms with van der Waals surface area (Å²) in [5, 5.41) is 3.11. The Hall–Kier alpha value is -2.64. The minimum absolute atomic E-state index is 0.268. The number of hydrogen-bond donors (Lipinski definition) is 4. The average Bonchev–Trinajstić information content (AvgIpc) is 2.42. The van der Waals surface area contributed by atoms with E-state index in [9.17, 15) is 9.59 Å². The van der Waals surface area contributed by atoms with E-state index in [-0.39, 0.29) is 12.2 Å². The Morgan fingerprint density at radius 2 is 1.95 bits per heavy atom. The Morgan fingerprint density at radius 3 is 2.52 bits per heavy atom. The highest BCUT2D eigenvalue weighted by Crippen LogP contribution is 2.32. The largest absolute Gasteiger partial charge is 0.494 e. The molecule has 2 amide bonds. The number of nitrogens with two attached hydrogens (primary N) is 3. The van der Waals surface area contributed by atoms with E-state index < -0.39 is 12.0 Å². The van der Waals surface area contributed by atoms with Gasteiger partial charge in [0.15, 0.2) is 0 Å². The number of unbranched alkanes of at least 4 members (excludes halogenated alkanes) is 1. The summed E-state index contributed by atoms with van der Waals surface area (Å²) in [6.07, 6.45) is 0.626. The van der Waals surface area contributed by atoms with Crippen LogP contribution in [0.5, 0.6) is 5.75 Å². The van der Waals surface area contributed by atoms with Gasteiger partial charge in [-0.25, -0.2) is 4.79 Å². The fourth-order valence-corrected chi connectivity index (χ4v) is 1.74. The number of carbonyl (C=O) groups excluding carboxylic acids is 2. The topological polar surface area (TPSA) is 143 Å². The van der Waals surface area contributed by atoms with Crippen LogP contribution in [-0.4, -0.2) is 32.3 Å². The first-order chi connectivity index (χ1) is 9.95. The number of rotatable bonds is 8. The standard InChI is InChI=1S/C13H20N4O4/c1-20-10-7-8(12(15)18)6-9(14)11(10)17-4-2-3-5-21-13(16)19/h6-7,17H,2-5,14H2,1H3,(H2,15,18)(H2,16,19). The lowest BCUT2D eigenvalue weighted by molar-refractivity contribution is 0.1000. The van der Waals surface area contributed by atoms with Crippen LogP contribution in [0.15, 0.2) is 12.1 Å². The molecule has 0 aromatic heterocycles. The average molecular weight is 296 g/mol. The van der Waals surface area contributed by atoms with Gasteiger partial charge in [0.2, 0.25) is 5.91 Å². The molecule has 7 N–H and O–H groups in total. The van der Waals surface area contributed by atoms with Crippen LogP contribution in [0.25, 0.3) is 0 Å². The van der Waals surface area contributed by atoms with E-state index in [4.69, 9.17) is 21.9 Å². The van der Waals surface area contributed by atoms with E-state index in [1.54, 1.807) is 0 Å². The Balaban J connectivity index is 2.58. The molecule has 1 aromatic carbocycles. The van der Waals surface area contributed by atoms with Crippen LogP contribution in [0.1, 0.15) is 23.2 Å². The molecule has 0 saturated carbocycles. The van der Waals surface area contributed by atoms with Crippen LogP contribution in [-0.2, 0) is 4.74 Å². The molecular weight excluding hydrogens is 276 g/mol. The fraction of sp³-hybridized carbons (Fsp3) is 0.385. The van der Waals surface area contributed by atoms with Crippen molar-refractivity contribution in [1.82, 2.24) is 0 Å². The number of benzene rings is 1. The number of nitrogen functional groups attached to an aromatic ring is 1. The lowest BCUT2D eigenvalue weighted by Crippen LogP contribution is -2.15. The molecule has 0 heterocycles. The van der Waals surface area contributed by atoms with Crippen LogP contribution in [0.2, 0.25) is 0 Å². The van der Waals surface area contributed by atoms with Crippen LogP contribution >= 0.6 is 0 Å². The van der Waals surface area contributed by atoms with Crippen molar-refractivity contribution in [2.75, 3.05) is 31.3 Å². The highest BCUT2D eigenvalue weighted by atomic mass is 16.5. The summed E-state index contributed by atoms with van der Waals surface area (Å²) < 4.78 is 9.81. The maximum absolute atomic E-state index is 11.2. The molecule has 0 aliphatic rings. The summed E-state index contributed by atoms with van der Waals surface area (Å²) in [7, 11) is 1.48. The summed E-state index contributed by atoms with van der Waals surface area (Å²) in [6.45, 7) is 0.864. The Kier molecular flexibility index (Phi) is 6.12. The van der Waals surface area contributed by atoms with Crippen molar-refractivity contribution in [3.05, 3.63) is 17.7 Å². The first kappa shape index (κ1) is 16.4. The van der Waals surface area contributed by atoms with Crippen LogP contribution in [0.4, 0.5) is 16.2 Å². The van der Waals surface area contributed by atoms with Gasteiger partial charge in [-0.1, -0.05) is 0 Å². The van der Waals surface area contributed by atoms with Crippen molar-refractivity contribution >= 4 is 23.4 Å². The van der Waals surface area contributed by atoms with E-state index in [1.807, 2.05) is 0 Å². The number of primary amides is 2. The number of methoxy groups -OCH3 is 1. The lowest BCUT2D eigenvalue weighted by atomic mass is 10.1. The van der Waals surface area contributed by atoms with E-state index >= 15 is 0 Å². The molecule has 21 heavy (non-hydrogen) atoms. The smallest absolute Gasteiger partial charge is 0.404 e. The van der Waals surface area contributed by atoms with E-state index in [2.05, 4.69) is 10.1 Å².